The highest BCUT2D eigenvalue weighted by Crippen LogP contribution is 2.34. The van der Waals surface area contributed by atoms with Crippen molar-refractivity contribution in [3.8, 4) is 5.75 Å². The Hall–Kier alpha value is -2.81. The van der Waals surface area contributed by atoms with Crippen molar-refractivity contribution in [2.45, 2.75) is 32.6 Å². The highest BCUT2D eigenvalue weighted by molar-refractivity contribution is 7.92. The van der Waals surface area contributed by atoms with Crippen LogP contribution in [0, 0.1) is 13.8 Å². The zero-order chi connectivity index (χ0) is 25.3. The molecule has 0 atom stereocenters. The largest absolute Gasteiger partial charge is 0.488 e. The molecule has 2 aromatic carbocycles. The van der Waals surface area contributed by atoms with Crippen LogP contribution in [0.3, 0.4) is 0 Å². The van der Waals surface area contributed by atoms with Crippen LogP contribution >= 0.6 is 23.2 Å². The number of hydrogen-bond donors (Lipinski definition) is 1. The summed E-state index contributed by atoms with van der Waals surface area (Å²) in [6.07, 6.45) is 0.484. The average Bonchev–Trinajstić information content (AvgIpc) is 2.84. The first-order chi connectivity index (χ1) is 16.2. The van der Waals surface area contributed by atoms with Crippen LogP contribution in [-0.4, -0.2) is 33.0 Å². The fourth-order valence-electron chi connectivity index (χ4n) is 2.93. The minimum atomic E-state index is -3.75. The third-order valence-corrected chi connectivity index (χ3v) is 7.22. The van der Waals surface area contributed by atoms with Gasteiger partial charge in [-0.3, -0.25) is 4.79 Å². The number of carbonyl (C=O) groups excluding carboxylic acids is 1. The van der Waals surface area contributed by atoms with E-state index in [1.807, 2.05) is 52.0 Å². The first-order valence-electron chi connectivity index (χ1n) is 10.6. The molecule has 182 valence electrons. The number of ether oxygens (including phenoxy) is 1. The number of sulfonamides is 1. The van der Waals surface area contributed by atoms with Gasteiger partial charge in [0.25, 0.3) is 10.0 Å². The Labute approximate surface area is 210 Å². The Bertz CT molecular complexity index is 1220. The summed E-state index contributed by atoms with van der Waals surface area (Å²) in [5.74, 6) is 0.794. The maximum absolute atomic E-state index is 12.9. The van der Waals surface area contributed by atoms with Crippen LogP contribution in [0.25, 0.3) is 0 Å². The molecule has 34 heavy (non-hydrogen) atoms. The number of hydrogen-bond acceptors (Lipinski definition) is 5. The number of anilines is 2. The molecule has 1 N–H and O–H groups in total. The SMILES string of the molecule is CC.Cc1c(Cl)cccc1Cl.Cc1cccc(S(=O)(=O)N2CCOc3ccc(NC=O)nc32)c1. The number of benzene rings is 2. The van der Waals surface area contributed by atoms with Gasteiger partial charge in [0.15, 0.2) is 11.6 Å². The first-order valence-corrected chi connectivity index (χ1v) is 12.8. The van der Waals surface area contributed by atoms with Gasteiger partial charge in [-0.15, -0.1) is 0 Å². The molecule has 7 nitrogen and oxygen atoms in total. The fourth-order valence-corrected chi connectivity index (χ4v) is 4.84. The van der Waals surface area contributed by atoms with E-state index in [0.29, 0.717) is 12.2 Å². The molecule has 1 aliphatic heterocycles. The van der Waals surface area contributed by atoms with Gasteiger partial charge < -0.3 is 10.1 Å². The van der Waals surface area contributed by atoms with Crippen LogP contribution in [0.15, 0.2) is 59.5 Å². The second-order valence-electron chi connectivity index (χ2n) is 6.87. The smallest absolute Gasteiger partial charge is 0.265 e. The number of halogens is 2. The van der Waals surface area contributed by atoms with Crippen molar-refractivity contribution in [1.82, 2.24) is 4.98 Å². The maximum Gasteiger partial charge on any atom is 0.265 e. The number of aromatic nitrogens is 1. The lowest BCUT2D eigenvalue weighted by Gasteiger charge is -2.29. The summed E-state index contributed by atoms with van der Waals surface area (Å²) in [5, 5.41) is 3.86. The van der Waals surface area contributed by atoms with E-state index in [-0.39, 0.29) is 29.7 Å². The van der Waals surface area contributed by atoms with Gasteiger partial charge in [-0.2, -0.15) is 0 Å². The third kappa shape index (κ3) is 6.62. The summed E-state index contributed by atoms with van der Waals surface area (Å²) >= 11 is 11.5. The highest BCUT2D eigenvalue weighted by Gasteiger charge is 2.31. The van der Waals surface area contributed by atoms with Crippen LogP contribution in [0.2, 0.25) is 10.0 Å². The number of pyridine rings is 1. The van der Waals surface area contributed by atoms with Crippen molar-refractivity contribution in [1.29, 1.82) is 0 Å². The number of aryl methyl sites for hydroxylation is 1. The molecule has 10 heteroatoms. The topological polar surface area (TPSA) is 88.6 Å². The molecule has 0 spiro atoms. The summed E-state index contributed by atoms with van der Waals surface area (Å²) in [6.45, 7) is 8.11. The molecule has 1 aromatic heterocycles. The predicted molar refractivity (Wildman–Crippen MR) is 138 cm³/mol. The van der Waals surface area contributed by atoms with E-state index in [2.05, 4.69) is 10.3 Å². The molecular weight excluding hydrogens is 497 g/mol. The second-order valence-corrected chi connectivity index (χ2v) is 9.55. The van der Waals surface area contributed by atoms with Gasteiger partial charge in [0.1, 0.15) is 12.4 Å². The standard InChI is InChI=1S/C15H15N3O4S.C7H6Cl2.C2H6/c1-11-3-2-4-12(9-11)23(20,21)18-7-8-22-13-5-6-14(16-10-19)17-15(13)18;1-5-6(8)3-2-4-7(5)9;1-2/h2-6,9-10H,7-8H2,1H3,(H,16,17,19);2-4H,1H3;1-2H3. The van der Waals surface area contributed by atoms with Crippen molar-refractivity contribution in [3.05, 3.63) is 75.8 Å². The van der Waals surface area contributed by atoms with E-state index in [0.717, 1.165) is 21.2 Å². The number of nitrogens with one attached hydrogen (secondary N) is 1. The zero-order valence-electron chi connectivity index (χ0n) is 19.4. The number of rotatable bonds is 4. The minimum Gasteiger partial charge on any atom is -0.488 e. The average molecular weight is 524 g/mol. The molecule has 0 saturated carbocycles. The number of amides is 1. The lowest BCUT2D eigenvalue weighted by molar-refractivity contribution is -0.105. The zero-order valence-corrected chi connectivity index (χ0v) is 21.7. The van der Waals surface area contributed by atoms with E-state index in [4.69, 9.17) is 27.9 Å². The molecule has 0 aliphatic carbocycles. The lowest BCUT2D eigenvalue weighted by Crippen LogP contribution is -2.38. The van der Waals surface area contributed by atoms with Crippen molar-refractivity contribution in [2.24, 2.45) is 0 Å². The Balaban J connectivity index is 0.000000311. The van der Waals surface area contributed by atoms with Gasteiger partial charge in [-0.25, -0.2) is 17.7 Å². The summed E-state index contributed by atoms with van der Waals surface area (Å²) in [4.78, 5) is 14.9. The predicted octanol–water partition coefficient (Wildman–Crippen LogP) is 5.87. The molecule has 0 radical (unpaired) electrons. The van der Waals surface area contributed by atoms with Gasteiger partial charge in [0, 0.05) is 10.0 Å². The fraction of sp³-hybridized carbons (Fsp3) is 0.250. The van der Waals surface area contributed by atoms with Crippen molar-refractivity contribution >= 4 is 51.3 Å². The van der Waals surface area contributed by atoms with Crippen molar-refractivity contribution in [3.63, 3.8) is 0 Å². The monoisotopic (exact) mass is 523 g/mol. The maximum atomic E-state index is 12.9. The Kier molecular flexibility index (Phi) is 10.2. The van der Waals surface area contributed by atoms with E-state index >= 15 is 0 Å². The van der Waals surface area contributed by atoms with Crippen LogP contribution in [0.1, 0.15) is 25.0 Å². The summed E-state index contributed by atoms with van der Waals surface area (Å²) in [5.41, 5.74) is 1.80. The van der Waals surface area contributed by atoms with Gasteiger partial charge in [0.2, 0.25) is 6.41 Å². The molecule has 1 amide bonds. The summed E-state index contributed by atoms with van der Waals surface area (Å²) < 4.78 is 32.5. The van der Waals surface area contributed by atoms with Crippen molar-refractivity contribution in [2.75, 3.05) is 22.8 Å². The van der Waals surface area contributed by atoms with E-state index in [1.54, 1.807) is 30.3 Å². The highest BCUT2D eigenvalue weighted by atomic mass is 35.5. The van der Waals surface area contributed by atoms with Crippen LogP contribution in [-0.2, 0) is 14.8 Å². The third-order valence-electron chi connectivity index (χ3n) is 4.61. The van der Waals surface area contributed by atoms with Crippen LogP contribution in [0.4, 0.5) is 11.6 Å². The number of nitrogens with zero attached hydrogens (tertiary/aromatic N) is 2. The van der Waals surface area contributed by atoms with Gasteiger partial charge >= 0.3 is 0 Å². The normalized spacial score (nSPS) is 12.1. The van der Waals surface area contributed by atoms with Gasteiger partial charge in [-0.05, 0) is 61.4 Å². The second kappa shape index (κ2) is 12.6. The van der Waals surface area contributed by atoms with Crippen LogP contribution in [0.5, 0.6) is 5.75 Å². The first kappa shape index (κ1) is 27.4. The van der Waals surface area contributed by atoms with Gasteiger partial charge in [0.05, 0.1) is 11.4 Å². The molecule has 3 aromatic rings. The molecule has 2 heterocycles. The molecule has 4 rings (SSSR count). The molecule has 0 bridgehead atoms. The summed E-state index contributed by atoms with van der Waals surface area (Å²) in [6, 6.07) is 15.3. The number of fused-ring (bicyclic) bond motifs is 1. The molecule has 1 aliphatic rings. The Morgan fingerprint density at radius 3 is 2.26 bits per heavy atom. The molecule has 0 saturated heterocycles. The van der Waals surface area contributed by atoms with E-state index in [9.17, 15) is 13.2 Å². The lowest BCUT2D eigenvalue weighted by atomic mass is 10.2. The van der Waals surface area contributed by atoms with E-state index in [1.165, 1.54) is 4.31 Å². The van der Waals surface area contributed by atoms with Crippen LogP contribution < -0.4 is 14.4 Å². The summed E-state index contributed by atoms with van der Waals surface area (Å²) in [7, 11) is -3.75. The Morgan fingerprint density at radius 2 is 1.68 bits per heavy atom. The minimum absolute atomic E-state index is 0.154. The molecule has 0 fully saturated rings. The van der Waals surface area contributed by atoms with Crippen molar-refractivity contribution < 1.29 is 17.9 Å². The quantitative estimate of drug-likeness (QED) is 0.431. The Morgan fingerprint density at radius 1 is 1.03 bits per heavy atom. The molecular formula is C24H27Cl2N3O4S. The van der Waals surface area contributed by atoms with E-state index < -0.39 is 10.0 Å². The number of carbonyl (C=O) groups is 1. The molecule has 0 unspecified atom stereocenters. The van der Waals surface area contributed by atoms with Gasteiger partial charge in [-0.1, -0.05) is 55.2 Å².